The van der Waals surface area contributed by atoms with Gasteiger partial charge in [-0.2, -0.15) is 4.99 Å². The normalized spacial score (nSPS) is 19.6. The zero-order chi connectivity index (χ0) is 17.4. The van der Waals surface area contributed by atoms with Gasteiger partial charge in [-0.3, -0.25) is 4.90 Å². The summed E-state index contributed by atoms with van der Waals surface area (Å²) in [4.78, 5) is 14.9. The predicted molar refractivity (Wildman–Crippen MR) is 100 cm³/mol. The first-order chi connectivity index (χ1) is 12.1. The van der Waals surface area contributed by atoms with Gasteiger partial charge >= 0.3 is 0 Å². The summed E-state index contributed by atoms with van der Waals surface area (Å²) in [5.41, 5.74) is 13.4. The fourth-order valence-electron chi connectivity index (χ4n) is 3.74. The molecule has 0 atom stereocenters. The van der Waals surface area contributed by atoms with E-state index >= 15 is 0 Å². The molecule has 2 aliphatic rings. The van der Waals surface area contributed by atoms with Crippen molar-refractivity contribution in [1.82, 2.24) is 9.55 Å². The van der Waals surface area contributed by atoms with Crippen LogP contribution < -0.4 is 16.4 Å². The van der Waals surface area contributed by atoms with Crippen LogP contribution >= 0.6 is 11.6 Å². The van der Waals surface area contributed by atoms with E-state index in [0.717, 1.165) is 37.1 Å². The number of guanidine groups is 2. The Hall–Kier alpha value is -2.54. The molecule has 2 aromatic rings. The molecule has 0 amide bonds. The lowest BCUT2D eigenvalue weighted by atomic mass is 9.87. The molecule has 130 valence electrons. The van der Waals surface area contributed by atoms with Gasteiger partial charge in [-0.25, -0.2) is 9.98 Å². The number of hydrogen-bond acceptors (Lipinski definition) is 6. The lowest BCUT2D eigenvalue weighted by Crippen LogP contribution is -2.58. The molecule has 0 bridgehead atoms. The predicted octanol–water partition coefficient (Wildman–Crippen LogP) is 2.64. The number of nitrogens with zero attached hydrogens (tertiary/aromatic N) is 5. The van der Waals surface area contributed by atoms with Gasteiger partial charge in [-0.1, -0.05) is 18.0 Å². The fourth-order valence-corrected chi connectivity index (χ4v) is 4.01. The van der Waals surface area contributed by atoms with Crippen molar-refractivity contribution in [2.45, 2.75) is 37.8 Å². The highest BCUT2D eigenvalue weighted by atomic mass is 35.5. The van der Waals surface area contributed by atoms with E-state index < -0.39 is 5.66 Å². The molecule has 2 heterocycles. The van der Waals surface area contributed by atoms with Crippen molar-refractivity contribution in [1.29, 1.82) is 0 Å². The van der Waals surface area contributed by atoms with Crippen molar-refractivity contribution in [3.05, 3.63) is 41.9 Å². The molecule has 1 aliphatic carbocycles. The standard InChI is InChI=1S/C17H20ClN7/c18-13-10-12(4-5-14(13)24-9-8-21-11-24)25-16(20)22-15(19)23-17(25)6-2-1-3-7-17/h4-5,8-11H,1-3,6-7H2,(H4,19,20,22,23). The average molecular weight is 358 g/mol. The van der Waals surface area contributed by atoms with Gasteiger partial charge in [0.2, 0.25) is 11.9 Å². The Morgan fingerprint density at radius 3 is 2.60 bits per heavy atom. The Bertz CT molecular complexity index is 835. The maximum atomic E-state index is 6.53. The van der Waals surface area contributed by atoms with E-state index in [1.807, 2.05) is 33.9 Å². The van der Waals surface area contributed by atoms with E-state index in [2.05, 4.69) is 15.0 Å². The minimum Gasteiger partial charge on any atom is -0.369 e. The zero-order valence-corrected chi connectivity index (χ0v) is 14.5. The van der Waals surface area contributed by atoms with Gasteiger partial charge in [0.15, 0.2) is 0 Å². The summed E-state index contributed by atoms with van der Waals surface area (Å²) in [6, 6.07) is 5.83. The van der Waals surface area contributed by atoms with Gasteiger partial charge in [-0.05, 0) is 43.9 Å². The van der Waals surface area contributed by atoms with Gasteiger partial charge in [0.1, 0.15) is 5.66 Å². The molecule has 1 saturated carbocycles. The molecule has 8 heteroatoms. The van der Waals surface area contributed by atoms with E-state index in [1.54, 1.807) is 12.5 Å². The molecule has 25 heavy (non-hydrogen) atoms. The smallest absolute Gasteiger partial charge is 0.220 e. The van der Waals surface area contributed by atoms with E-state index in [4.69, 9.17) is 23.1 Å². The molecule has 0 radical (unpaired) electrons. The van der Waals surface area contributed by atoms with Gasteiger partial charge < -0.3 is 16.0 Å². The molecule has 4 N–H and O–H groups in total. The lowest BCUT2D eigenvalue weighted by Gasteiger charge is -2.45. The summed E-state index contributed by atoms with van der Waals surface area (Å²) < 4.78 is 1.87. The summed E-state index contributed by atoms with van der Waals surface area (Å²) in [5.74, 6) is 0.609. The highest BCUT2D eigenvalue weighted by Gasteiger charge is 2.42. The van der Waals surface area contributed by atoms with Crippen LogP contribution in [-0.4, -0.2) is 27.1 Å². The van der Waals surface area contributed by atoms with Crippen LogP contribution in [0, 0.1) is 0 Å². The molecule has 0 saturated heterocycles. The molecule has 1 aliphatic heterocycles. The first kappa shape index (κ1) is 16.0. The second-order valence-electron chi connectivity index (χ2n) is 6.42. The molecule has 1 aromatic carbocycles. The maximum absolute atomic E-state index is 6.53. The van der Waals surface area contributed by atoms with E-state index in [0.29, 0.717) is 11.0 Å². The molecular formula is C17H20ClN7. The first-order valence-electron chi connectivity index (χ1n) is 8.37. The quantitative estimate of drug-likeness (QED) is 0.863. The number of nitrogens with two attached hydrogens (primary N) is 2. The Labute approximate surface area is 151 Å². The third-order valence-corrected chi connectivity index (χ3v) is 5.13. The molecule has 4 rings (SSSR count). The van der Waals surface area contributed by atoms with Crippen molar-refractivity contribution in [3.63, 3.8) is 0 Å². The van der Waals surface area contributed by atoms with Crippen LogP contribution in [0.25, 0.3) is 5.69 Å². The second kappa shape index (κ2) is 6.07. The van der Waals surface area contributed by atoms with Crippen LogP contribution in [0.1, 0.15) is 32.1 Å². The van der Waals surface area contributed by atoms with Gasteiger partial charge in [0, 0.05) is 18.1 Å². The minimum absolute atomic E-state index is 0.247. The Morgan fingerprint density at radius 2 is 1.92 bits per heavy atom. The Kier molecular flexibility index (Phi) is 3.88. The highest BCUT2D eigenvalue weighted by Crippen LogP contribution is 2.40. The maximum Gasteiger partial charge on any atom is 0.220 e. The third kappa shape index (κ3) is 2.74. The highest BCUT2D eigenvalue weighted by molar-refractivity contribution is 6.32. The van der Waals surface area contributed by atoms with Crippen LogP contribution in [-0.2, 0) is 0 Å². The third-order valence-electron chi connectivity index (χ3n) is 4.82. The number of benzene rings is 1. The first-order valence-corrected chi connectivity index (χ1v) is 8.74. The Morgan fingerprint density at radius 1 is 1.12 bits per heavy atom. The molecule has 1 spiro atoms. The minimum atomic E-state index is -0.464. The number of aromatic nitrogens is 2. The summed E-state index contributed by atoms with van der Waals surface area (Å²) in [5, 5.41) is 0.608. The largest absolute Gasteiger partial charge is 0.369 e. The van der Waals surface area contributed by atoms with E-state index in [-0.39, 0.29) is 5.96 Å². The summed E-state index contributed by atoms with van der Waals surface area (Å²) in [6.45, 7) is 0. The number of imidazole rings is 1. The molecule has 0 unspecified atom stereocenters. The van der Waals surface area contributed by atoms with Crippen molar-refractivity contribution in [2.24, 2.45) is 21.5 Å². The molecule has 7 nitrogen and oxygen atoms in total. The van der Waals surface area contributed by atoms with Crippen LogP contribution in [0.3, 0.4) is 0 Å². The van der Waals surface area contributed by atoms with E-state index in [9.17, 15) is 0 Å². The number of anilines is 1. The van der Waals surface area contributed by atoms with E-state index in [1.165, 1.54) is 6.42 Å². The molecule has 1 aromatic heterocycles. The lowest BCUT2D eigenvalue weighted by molar-refractivity contribution is 0.305. The fraction of sp³-hybridized carbons (Fsp3) is 0.353. The van der Waals surface area contributed by atoms with Crippen LogP contribution in [0.2, 0.25) is 5.02 Å². The van der Waals surface area contributed by atoms with Crippen molar-refractivity contribution in [3.8, 4) is 5.69 Å². The topological polar surface area (TPSA) is 97.8 Å². The number of rotatable bonds is 2. The van der Waals surface area contributed by atoms with Crippen molar-refractivity contribution < 1.29 is 0 Å². The molecular weight excluding hydrogens is 338 g/mol. The average Bonchev–Trinajstić information content (AvgIpc) is 3.09. The number of hydrogen-bond donors (Lipinski definition) is 2. The SMILES string of the molecule is NC1=NC2(CCCCC2)N(c2ccc(-n3ccnc3)c(Cl)c2)C(N)=N1. The molecule has 1 fully saturated rings. The number of aliphatic imine (C=N–C) groups is 2. The van der Waals surface area contributed by atoms with Crippen molar-refractivity contribution >= 4 is 29.2 Å². The summed E-state index contributed by atoms with van der Waals surface area (Å²) in [7, 11) is 0. The zero-order valence-electron chi connectivity index (χ0n) is 13.8. The number of halogens is 1. The summed E-state index contributed by atoms with van der Waals surface area (Å²) in [6.07, 6.45) is 10.4. The van der Waals surface area contributed by atoms with Gasteiger partial charge in [-0.15, -0.1) is 0 Å². The van der Waals surface area contributed by atoms with Gasteiger partial charge in [0.05, 0.1) is 17.0 Å². The second-order valence-corrected chi connectivity index (χ2v) is 6.83. The van der Waals surface area contributed by atoms with Gasteiger partial charge in [0.25, 0.3) is 0 Å². The monoisotopic (exact) mass is 357 g/mol. The van der Waals surface area contributed by atoms with Crippen molar-refractivity contribution in [2.75, 3.05) is 4.90 Å². The van der Waals surface area contributed by atoms with Crippen LogP contribution in [0.4, 0.5) is 5.69 Å². The Balaban J connectivity index is 1.77. The van der Waals surface area contributed by atoms with Crippen LogP contribution in [0.5, 0.6) is 0 Å². The van der Waals surface area contributed by atoms with Crippen LogP contribution in [0.15, 0.2) is 46.9 Å². The summed E-state index contributed by atoms with van der Waals surface area (Å²) >= 11 is 6.53.